The van der Waals surface area contributed by atoms with Crippen LogP contribution in [0.3, 0.4) is 0 Å². The van der Waals surface area contributed by atoms with E-state index >= 15 is 0 Å². The van der Waals surface area contributed by atoms with Gasteiger partial charge in [0, 0.05) is 22.2 Å². The number of amides is 2. The number of nitrogens with two attached hydrogens (primary N) is 1. The highest BCUT2D eigenvalue weighted by atomic mass is 32.2. The number of carboxylic acid groups (broad SMARTS) is 1. The molecule has 0 aliphatic heterocycles. The molecule has 168 valence electrons. The molecule has 5 N–H and O–H groups in total. The smallest absolute Gasteiger partial charge is 0.326 e. The van der Waals surface area contributed by atoms with E-state index in [2.05, 4.69) is 15.6 Å². The van der Waals surface area contributed by atoms with Crippen LogP contribution in [0.5, 0.6) is 0 Å². The van der Waals surface area contributed by atoms with E-state index in [0.717, 1.165) is 0 Å². The van der Waals surface area contributed by atoms with Crippen LogP contribution in [0.4, 0.5) is 10.8 Å². The number of anilines is 2. The number of hydrogen-bond acceptors (Lipinski definition) is 8. The third kappa shape index (κ3) is 6.11. The van der Waals surface area contributed by atoms with Crippen LogP contribution in [-0.4, -0.2) is 45.9 Å². The molecule has 0 spiro atoms. The standard InChI is InChI=1S/C21H22N4O5S2/c1-31-7-5-17(20(28)29)25-19(27)15-3-2-13(8-16(15)12-4-6-30-10-12)23-18(26)9-14-11-32-21(22)24-14/h2-4,6,8,10-11,17H,5,7,9H2,1H3,(H2,22,24)(H,23,26)(H,25,27)(H,28,29)/t17-/m0/s1. The fourth-order valence-corrected chi connectivity index (χ4v) is 4.01. The average molecular weight is 475 g/mol. The van der Waals surface area contributed by atoms with Gasteiger partial charge in [-0.25, -0.2) is 9.78 Å². The number of hydrogen-bond donors (Lipinski definition) is 4. The Balaban J connectivity index is 1.81. The molecular formula is C21H22N4O5S2. The summed E-state index contributed by atoms with van der Waals surface area (Å²) in [6, 6.07) is 5.45. The largest absolute Gasteiger partial charge is 0.480 e. The molecule has 32 heavy (non-hydrogen) atoms. The first kappa shape index (κ1) is 23.4. The highest BCUT2D eigenvalue weighted by molar-refractivity contribution is 7.98. The van der Waals surface area contributed by atoms with Gasteiger partial charge in [0.05, 0.1) is 24.6 Å². The second-order valence-electron chi connectivity index (χ2n) is 6.82. The maximum atomic E-state index is 12.9. The molecule has 0 radical (unpaired) electrons. The lowest BCUT2D eigenvalue weighted by molar-refractivity contribution is -0.139. The summed E-state index contributed by atoms with van der Waals surface area (Å²) < 4.78 is 5.14. The molecule has 0 saturated heterocycles. The van der Waals surface area contributed by atoms with Crippen molar-refractivity contribution < 1.29 is 23.9 Å². The van der Waals surface area contributed by atoms with E-state index in [1.54, 1.807) is 29.6 Å². The first-order chi connectivity index (χ1) is 15.4. The number of carboxylic acids is 1. The highest BCUT2D eigenvalue weighted by Crippen LogP contribution is 2.28. The Bertz CT molecular complexity index is 1100. The second kappa shape index (κ2) is 10.8. The van der Waals surface area contributed by atoms with Crippen LogP contribution in [0.2, 0.25) is 0 Å². The SMILES string of the molecule is CSCC[C@H](NC(=O)c1ccc(NC(=O)Cc2csc(N)n2)cc1-c1ccoc1)C(=O)O. The quantitative estimate of drug-likeness (QED) is 0.350. The van der Waals surface area contributed by atoms with Crippen LogP contribution in [0.15, 0.2) is 46.6 Å². The van der Waals surface area contributed by atoms with Crippen molar-refractivity contribution in [2.45, 2.75) is 18.9 Å². The predicted molar refractivity (Wildman–Crippen MR) is 125 cm³/mol. The van der Waals surface area contributed by atoms with Crippen molar-refractivity contribution >= 4 is 51.7 Å². The molecule has 0 unspecified atom stereocenters. The van der Waals surface area contributed by atoms with Gasteiger partial charge in [-0.05, 0) is 48.3 Å². The predicted octanol–water partition coefficient (Wildman–Crippen LogP) is 3.10. The van der Waals surface area contributed by atoms with E-state index < -0.39 is 17.9 Å². The van der Waals surface area contributed by atoms with E-state index in [1.165, 1.54) is 35.6 Å². The number of benzene rings is 1. The molecule has 2 amide bonds. The molecule has 3 aromatic rings. The van der Waals surface area contributed by atoms with Crippen LogP contribution in [0.25, 0.3) is 11.1 Å². The molecule has 0 saturated carbocycles. The Kier molecular flexibility index (Phi) is 7.90. The molecule has 1 atom stereocenters. The summed E-state index contributed by atoms with van der Waals surface area (Å²) in [5.41, 5.74) is 8.03. The number of thioether (sulfide) groups is 1. The molecular weight excluding hydrogens is 452 g/mol. The minimum Gasteiger partial charge on any atom is -0.480 e. The van der Waals surface area contributed by atoms with Crippen LogP contribution in [0.1, 0.15) is 22.5 Å². The van der Waals surface area contributed by atoms with Crippen molar-refractivity contribution in [1.82, 2.24) is 10.3 Å². The number of nitrogen functional groups attached to an aromatic ring is 1. The number of carbonyl (C=O) groups excluding carboxylic acids is 2. The van der Waals surface area contributed by atoms with Crippen LogP contribution >= 0.6 is 23.1 Å². The summed E-state index contributed by atoms with van der Waals surface area (Å²) in [6.07, 6.45) is 5.17. The summed E-state index contributed by atoms with van der Waals surface area (Å²) >= 11 is 2.76. The minimum atomic E-state index is -1.09. The summed E-state index contributed by atoms with van der Waals surface area (Å²) in [7, 11) is 0. The molecule has 0 aliphatic carbocycles. The van der Waals surface area contributed by atoms with Crippen molar-refractivity contribution in [3.05, 3.63) is 53.4 Å². The van der Waals surface area contributed by atoms with Gasteiger partial charge in [0.1, 0.15) is 6.04 Å². The molecule has 0 fully saturated rings. The maximum absolute atomic E-state index is 12.9. The van der Waals surface area contributed by atoms with Gasteiger partial charge < -0.3 is 25.9 Å². The highest BCUT2D eigenvalue weighted by Gasteiger charge is 2.23. The number of carbonyl (C=O) groups is 3. The maximum Gasteiger partial charge on any atom is 0.326 e. The van der Waals surface area contributed by atoms with Gasteiger partial charge in [-0.2, -0.15) is 11.8 Å². The van der Waals surface area contributed by atoms with Gasteiger partial charge in [-0.3, -0.25) is 9.59 Å². The molecule has 0 aliphatic rings. The lowest BCUT2D eigenvalue weighted by Gasteiger charge is -2.16. The third-order valence-electron chi connectivity index (χ3n) is 4.51. The molecule has 9 nitrogen and oxygen atoms in total. The Labute approximate surface area is 192 Å². The van der Waals surface area contributed by atoms with Crippen molar-refractivity contribution in [2.24, 2.45) is 0 Å². The molecule has 11 heteroatoms. The zero-order valence-corrected chi connectivity index (χ0v) is 18.8. The van der Waals surface area contributed by atoms with Gasteiger partial charge in [0.25, 0.3) is 5.91 Å². The number of aliphatic carboxylic acids is 1. The number of nitrogens with one attached hydrogen (secondary N) is 2. The third-order valence-corrected chi connectivity index (χ3v) is 5.87. The fraction of sp³-hybridized carbons (Fsp3) is 0.238. The van der Waals surface area contributed by atoms with E-state index in [0.29, 0.717) is 39.8 Å². The summed E-state index contributed by atoms with van der Waals surface area (Å²) in [6.45, 7) is 0. The Morgan fingerprint density at radius 2 is 2.12 bits per heavy atom. The molecule has 1 aromatic carbocycles. The first-order valence-corrected chi connectivity index (χ1v) is 11.8. The van der Waals surface area contributed by atoms with Gasteiger partial charge >= 0.3 is 5.97 Å². The fourth-order valence-electron chi connectivity index (χ4n) is 2.98. The van der Waals surface area contributed by atoms with Gasteiger partial charge in [0.15, 0.2) is 5.13 Å². The monoisotopic (exact) mass is 474 g/mol. The number of aromatic nitrogens is 1. The summed E-state index contributed by atoms with van der Waals surface area (Å²) in [5.74, 6) is -1.30. The van der Waals surface area contributed by atoms with E-state index in [1.807, 2.05) is 6.26 Å². The van der Waals surface area contributed by atoms with Crippen molar-refractivity contribution in [2.75, 3.05) is 23.1 Å². The molecule has 2 heterocycles. The van der Waals surface area contributed by atoms with Crippen molar-refractivity contribution in [3.8, 4) is 11.1 Å². The zero-order valence-electron chi connectivity index (χ0n) is 17.2. The summed E-state index contributed by atoms with van der Waals surface area (Å²) in [4.78, 5) is 40.9. The van der Waals surface area contributed by atoms with Crippen LogP contribution < -0.4 is 16.4 Å². The van der Waals surface area contributed by atoms with Crippen LogP contribution in [0, 0.1) is 0 Å². The van der Waals surface area contributed by atoms with E-state index in [4.69, 9.17) is 10.2 Å². The zero-order chi connectivity index (χ0) is 23.1. The van der Waals surface area contributed by atoms with Crippen molar-refractivity contribution in [1.29, 1.82) is 0 Å². The second-order valence-corrected chi connectivity index (χ2v) is 8.70. The lowest BCUT2D eigenvalue weighted by atomic mass is 10.00. The van der Waals surface area contributed by atoms with Gasteiger partial charge in [-0.15, -0.1) is 11.3 Å². The van der Waals surface area contributed by atoms with E-state index in [9.17, 15) is 19.5 Å². The number of rotatable bonds is 10. The van der Waals surface area contributed by atoms with Gasteiger partial charge in [0.2, 0.25) is 5.91 Å². The van der Waals surface area contributed by atoms with Crippen molar-refractivity contribution in [3.63, 3.8) is 0 Å². The lowest BCUT2D eigenvalue weighted by Crippen LogP contribution is -2.41. The minimum absolute atomic E-state index is 0.0622. The average Bonchev–Trinajstić information content (AvgIpc) is 3.42. The Morgan fingerprint density at radius 3 is 2.75 bits per heavy atom. The van der Waals surface area contributed by atoms with Gasteiger partial charge in [-0.1, -0.05) is 0 Å². The van der Waals surface area contributed by atoms with E-state index in [-0.39, 0.29) is 17.9 Å². The number of nitrogens with zero attached hydrogens (tertiary/aromatic N) is 1. The Morgan fingerprint density at radius 1 is 1.31 bits per heavy atom. The number of furan rings is 1. The molecule has 0 bridgehead atoms. The normalized spacial score (nSPS) is 11.7. The number of thiazole rings is 1. The molecule has 3 rings (SSSR count). The molecule has 2 aromatic heterocycles. The van der Waals surface area contributed by atoms with Crippen LogP contribution in [-0.2, 0) is 16.0 Å². The first-order valence-electron chi connectivity index (χ1n) is 9.56. The summed E-state index contributed by atoms with van der Waals surface area (Å²) in [5, 5.41) is 16.9. The topological polar surface area (TPSA) is 148 Å². The Hall–Kier alpha value is -3.31.